The van der Waals surface area contributed by atoms with Crippen LogP contribution in [0.3, 0.4) is 0 Å². The number of hydrogen-bond acceptors (Lipinski definition) is 2. The van der Waals surface area contributed by atoms with Gasteiger partial charge in [0.25, 0.3) is 5.91 Å². The first kappa shape index (κ1) is 12.9. The number of ether oxygens (including phenoxy) is 1. The standard InChI is InChI=1S/C15H21NO2/c1-3-4-5-9-16-10-8-12-11-13(18-2)6-7-14(12)15(16)17/h6-7,11H,3-5,8-10H2,1-2H3. The van der Waals surface area contributed by atoms with E-state index in [1.807, 2.05) is 23.1 Å². The van der Waals surface area contributed by atoms with Crippen molar-refractivity contribution in [3.63, 3.8) is 0 Å². The summed E-state index contributed by atoms with van der Waals surface area (Å²) in [5.41, 5.74) is 1.96. The molecule has 1 amide bonds. The minimum absolute atomic E-state index is 0.176. The summed E-state index contributed by atoms with van der Waals surface area (Å²) in [5.74, 6) is 1.01. The van der Waals surface area contributed by atoms with Gasteiger partial charge in [0.15, 0.2) is 0 Å². The van der Waals surface area contributed by atoms with Crippen molar-refractivity contribution in [3.05, 3.63) is 29.3 Å². The molecule has 0 aliphatic carbocycles. The van der Waals surface area contributed by atoms with E-state index >= 15 is 0 Å². The zero-order valence-corrected chi connectivity index (χ0v) is 11.2. The van der Waals surface area contributed by atoms with Crippen molar-refractivity contribution in [1.29, 1.82) is 0 Å². The van der Waals surface area contributed by atoms with Gasteiger partial charge in [0.1, 0.15) is 5.75 Å². The fraction of sp³-hybridized carbons (Fsp3) is 0.533. The van der Waals surface area contributed by atoms with Crippen LogP contribution in [0.15, 0.2) is 18.2 Å². The topological polar surface area (TPSA) is 29.5 Å². The Bertz CT molecular complexity index is 429. The monoisotopic (exact) mass is 247 g/mol. The molecule has 0 bridgehead atoms. The number of benzene rings is 1. The van der Waals surface area contributed by atoms with Gasteiger partial charge >= 0.3 is 0 Å². The first-order valence-electron chi connectivity index (χ1n) is 6.72. The maximum Gasteiger partial charge on any atom is 0.254 e. The third kappa shape index (κ3) is 2.66. The second kappa shape index (κ2) is 5.89. The number of carbonyl (C=O) groups is 1. The number of methoxy groups -OCH3 is 1. The van der Waals surface area contributed by atoms with Gasteiger partial charge in [-0.05, 0) is 36.6 Å². The van der Waals surface area contributed by atoms with Crippen LogP contribution in [0.2, 0.25) is 0 Å². The molecule has 0 unspecified atom stereocenters. The van der Waals surface area contributed by atoms with Crippen molar-refractivity contribution in [2.75, 3.05) is 20.2 Å². The number of rotatable bonds is 5. The van der Waals surface area contributed by atoms with Crippen LogP contribution < -0.4 is 4.74 Å². The van der Waals surface area contributed by atoms with E-state index in [1.54, 1.807) is 7.11 Å². The van der Waals surface area contributed by atoms with E-state index < -0.39 is 0 Å². The highest BCUT2D eigenvalue weighted by molar-refractivity contribution is 5.96. The molecule has 18 heavy (non-hydrogen) atoms. The van der Waals surface area contributed by atoms with Gasteiger partial charge in [-0.3, -0.25) is 4.79 Å². The molecule has 1 aromatic carbocycles. The molecule has 1 aliphatic heterocycles. The van der Waals surface area contributed by atoms with Gasteiger partial charge in [0.05, 0.1) is 7.11 Å². The van der Waals surface area contributed by atoms with Crippen LogP contribution in [-0.2, 0) is 6.42 Å². The van der Waals surface area contributed by atoms with Gasteiger partial charge in [0.2, 0.25) is 0 Å². The molecular weight excluding hydrogens is 226 g/mol. The highest BCUT2D eigenvalue weighted by Gasteiger charge is 2.23. The maximum absolute atomic E-state index is 12.3. The summed E-state index contributed by atoms with van der Waals surface area (Å²) in [6.07, 6.45) is 4.42. The lowest BCUT2D eigenvalue weighted by molar-refractivity contribution is 0.0736. The average Bonchev–Trinajstić information content (AvgIpc) is 2.41. The Kier molecular flexibility index (Phi) is 4.24. The number of fused-ring (bicyclic) bond motifs is 1. The summed E-state index contributed by atoms with van der Waals surface area (Å²) >= 11 is 0. The molecule has 0 saturated heterocycles. The summed E-state index contributed by atoms with van der Waals surface area (Å²) < 4.78 is 5.20. The van der Waals surface area contributed by atoms with Gasteiger partial charge in [-0.2, -0.15) is 0 Å². The first-order valence-corrected chi connectivity index (χ1v) is 6.72. The predicted molar refractivity (Wildman–Crippen MR) is 72.1 cm³/mol. The minimum Gasteiger partial charge on any atom is -0.497 e. The van der Waals surface area contributed by atoms with Crippen LogP contribution in [0.25, 0.3) is 0 Å². The zero-order valence-electron chi connectivity index (χ0n) is 11.2. The van der Waals surface area contributed by atoms with Crippen molar-refractivity contribution in [3.8, 4) is 5.75 Å². The number of carbonyl (C=O) groups excluding carboxylic acids is 1. The summed E-state index contributed by atoms with van der Waals surface area (Å²) in [7, 11) is 1.66. The van der Waals surface area contributed by atoms with Gasteiger partial charge in [-0.15, -0.1) is 0 Å². The number of hydrogen-bond donors (Lipinski definition) is 0. The Balaban J connectivity index is 2.08. The maximum atomic E-state index is 12.3. The molecule has 2 rings (SSSR count). The van der Waals surface area contributed by atoms with Crippen LogP contribution in [0.5, 0.6) is 5.75 Å². The van der Waals surface area contributed by atoms with E-state index in [-0.39, 0.29) is 5.91 Å². The second-order valence-electron chi connectivity index (χ2n) is 4.77. The largest absolute Gasteiger partial charge is 0.497 e. The molecule has 1 aliphatic rings. The van der Waals surface area contributed by atoms with Crippen LogP contribution in [0.4, 0.5) is 0 Å². The lowest BCUT2D eigenvalue weighted by Crippen LogP contribution is -2.38. The van der Waals surface area contributed by atoms with E-state index in [0.29, 0.717) is 0 Å². The number of nitrogens with zero attached hydrogens (tertiary/aromatic N) is 1. The molecule has 1 heterocycles. The molecule has 1 aromatic rings. The smallest absolute Gasteiger partial charge is 0.254 e. The first-order chi connectivity index (χ1) is 8.76. The molecule has 0 N–H and O–H groups in total. The fourth-order valence-electron chi connectivity index (χ4n) is 2.41. The molecule has 0 aromatic heterocycles. The third-order valence-electron chi connectivity index (χ3n) is 3.51. The Hall–Kier alpha value is -1.51. The molecule has 0 saturated carbocycles. The van der Waals surface area contributed by atoms with Crippen LogP contribution >= 0.6 is 0 Å². The van der Waals surface area contributed by atoms with Crippen molar-refractivity contribution in [1.82, 2.24) is 4.90 Å². The van der Waals surface area contributed by atoms with Crippen molar-refractivity contribution >= 4 is 5.91 Å². The van der Waals surface area contributed by atoms with Gasteiger partial charge in [0, 0.05) is 18.7 Å². The number of amides is 1. The Morgan fingerprint density at radius 2 is 2.17 bits per heavy atom. The number of unbranched alkanes of at least 4 members (excludes halogenated alkanes) is 2. The summed E-state index contributed by atoms with van der Waals surface area (Å²) in [6.45, 7) is 3.90. The molecule has 0 atom stereocenters. The van der Waals surface area contributed by atoms with Gasteiger partial charge in [-0.1, -0.05) is 19.8 Å². The van der Waals surface area contributed by atoms with E-state index in [4.69, 9.17) is 4.74 Å². The quantitative estimate of drug-likeness (QED) is 0.749. The normalized spacial score (nSPS) is 14.6. The lowest BCUT2D eigenvalue weighted by atomic mass is 9.98. The van der Waals surface area contributed by atoms with E-state index in [9.17, 15) is 4.79 Å². The van der Waals surface area contributed by atoms with Crippen molar-refractivity contribution < 1.29 is 9.53 Å². The van der Waals surface area contributed by atoms with Gasteiger partial charge < -0.3 is 9.64 Å². The van der Waals surface area contributed by atoms with Crippen LogP contribution in [0, 0.1) is 0 Å². The molecular formula is C15H21NO2. The fourth-order valence-corrected chi connectivity index (χ4v) is 2.41. The molecule has 3 nitrogen and oxygen atoms in total. The molecule has 3 heteroatoms. The second-order valence-corrected chi connectivity index (χ2v) is 4.77. The molecule has 0 radical (unpaired) electrons. The highest BCUT2D eigenvalue weighted by Crippen LogP contribution is 2.23. The summed E-state index contributed by atoms with van der Waals surface area (Å²) in [4.78, 5) is 14.3. The SMILES string of the molecule is CCCCCN1CCc2cc(OC)ccc2C1=O. The van der Waals surface area contributed by atoms with E-state index in [2.05, 4.69) is 6.92 Å². The minimum atomic E-state index is 0.176. The Morgan fingerprint density at radius 1 is 1.33 bits per heavy atom. The third-order valence-corrected chi connectivity index (χ3v) is 3.51. The van der Waals surface area contributed by atoms with Crippen molar-refractivity contribution in [2.45, 2.75) is 32.6 Å². The van der Waals surface area contributed by atoms with Crippen molar-refractivity contribution in [2.24, 2.45) is 0 Å². The summed E-state index contributed by atoms with van der Waals surface area (Å²) in [5, 5.41) is 0. The van der Waals surface area contributed by atoms with Crippen LogP contribution in [-0.4, -0.2) is 31.0 Å². The predicted octanol–water partition coefficient (Wildman–Crippen LogP) is 2.88. The van der Waals surface area contributed by atoms with E-state index in [1.165, 1.54) is 12.8 Å². The van der Waals surface area contributed by atoms with Crippen LogP contribution in [0.1, 0.15) is 42.1 Å². The molecule has 0 fully saturated rings. The molecule has 0 spiro atoms. The van der Waals surface area contributed by atoms with Gasteiger partial charge in [-0.25, -0.2) is 0 Å². The zero-order chi connectivity index (χ0) is 13.0. The average molecular weight is 247 g/mol. The molecule has 98 valence electrons. The lowest BCUT2D eigenvalue weighted by Gasteiger charge is -2.28. The van der Waals surface area contributed by atoms with E-state index in [0.717, 1.165) is 42.8 Å². The Labute approximate surface area is 109 Å². The highest BCUT2D eigenvalue weighted by atomic mass is 16.5. The Morgan fingerprint density at radius 3 is 2.89 bits per heavy atom. The summed E-state index contributed by atoms with van der Waals surface area (Å²) in [6, 6.07) is 5.74.